The van der Waals surface area contributed by atoms with Crippen molar-refractivity contribution >= 4 is 0 Å². The van der Waals surface area contributed by atoms with E-state index in [9.17, 15) is 13.6 Å². The van der Waals surface area contributed by atoms with Crippen molar-refractivity contribution in [2.45, 2.75) is 31.2 Å². The highest BCUT2D eigenvalue weighted by atomic mass is 19.2. The second kappa shape index (κ2) is 5.81. The Morgan fingerprint density at radius 3 is 2.81 bits per heavy atom. The first-order chi connectivity index (χ1) is 10.1. The molecule has 2 heterocycles. The van der Waals surface area contributed by atoms with E-state index in [2.05, 4.69) is 10.5 Å². The first-order valence-electron chi connectivity index (χ1n) is 6.97. The minimum absolute atomic E-state index is 0.147. The van der Waals surface area contributed by atoms with Gasteiger partial charge in [0.2, 0.25) is 0 Å². The standard InChI is InChI=1S/C15H16F2N2O2/c16-12-2-1-9(6-13(12)17)5-11-7-10(3-4-18-11)14-8-15(20)19-21-14/h1-2,6,8,10-11,18H,3-5,7H2,(H,19,20)/t10-,11-/m1/s1. The molecular weight excluding hydrogens is 278 g/mol. The van der Waals surface area contributed by atoms with E-state index in [1.807, 2.05) is 0 Å². The predicted molar refractivity (Wildman–Crippen MR) is 73.2 cm³/mol. The van der Waals surface area contributed by atoms with Crippen molar-refractivity contribution in [3.05, 3.63) is 57.6 Å². The monoisotopic (exact) mass is 294 g/mol. The molecule has 1 aliphatic rings. The zero-order valence-electron chi connectivity index (χ0n) is 11.4. The molecule has 1 aromatic carbocycles. The summed E-state index contributed by atoms with van der Waals surface area (Å²) in [4.78, 5) is 11.1. The van der Waals surface area contributed by atoms with Gasteiger partial charge in [-0.05, 0) is 43.5 Å². The summed E-state index contributed by atoms with van der Waals surface area (Å²) in [5.74, 6) is -0.823. The van der Waals surface area contributed by atoms with Crippen LogP contribution in [0.3, 0.4) is 0 Å². The van der Waals surface area contributed by atoms with Gasteiger partial charge in [-0.15, -0.1) is 0 Å². The van der Waals surface area contributed by atoms with Crippen LogP contribution in [0, 0.1) is 11.6 Å². The molecule has 1 fully saturated rings. The zero-order chi connectivity index (χ0) is 14.8. The fourth-order valence-electron chi connectivity index (χ4n) is 2.87. The molecule has 112 valence electrons. The molecule has 6 heteroatoms. The molecule has 0 aliphatic carbocycles. The molecule has 2 aromatic rings. The van der Waals surface area contributed by atoms with Gasteiger partial charge >= 0.3 is 0 Å². The minimum atomic E-state index is -0.831. The van der Waals surface area contributed by atoms with Crippen molar-refractivity contribution in [1.29, 1.82) is 0 Å². The predicted octanol–water partition coefficient (Wildman–Crippen LogP) is 2.32. The van der Waals surface area contributed by atoms with E-state index in [-0.39, 0.29) is 17.5 Å². The van der Waals surface area contributed by atoms with Gasteiger partial charge in [-0.3, -0.25) is 4.79 Å². The summed E-state index contributed by atoms with van der Waals surface area (Å²) < 4.78 is 31.3. The maximum atomic E-state index is 13.2. The Labute approximate surface area is 120 Å². The Morgan fingerprint density at radius 1 is 1.24 bits per heavy atom. The van der Waals surface area contributed by atoms with Crippen LogP contribution in [0.1, 0.15) is 30.1 Å². The van der Waals surface area contributed by atoms with Crippen LogP contribution >= 0.6 is 0 Å². The number of piperidine rings is 1. The fourth-order valence-corrected chi connectivity index (χ4v) is 2.87. The molecule has 21 heavy (non-hydrogen) atoms. The van der Waals surface area contributed by atoms with Crippen molar-refractivity contribution in [2.24, 2.45) is 0 Å². The van der Waals surface area contributed by atoms with E-state index in [0.29, 0.717) is 12.2 Å². The Bertz CT molecular complexity index is 680. The van der Waals surface area contributed by atoms with E-state index < -0.39 is 11.6 Å². The SMILES string of the molecule is O=c1cc([C@@H]2CCN[C@H](Cc3ccc(F)c(F)c3)C2)o[nH]1. The Balaban J connectivity index is 1.68. The smallest absolute Gasteiger partial charge is 0.280 e. The normalized spacial score (nSPS) is 22.4. The quantitative estimate of drug-likeness (QED) is 0.913. The number of hydrogen-bond donors (Lipinski definition) is 2. The van der Waals surface area contributed by atoms with E-state index >= 15 is 0 Å². The van der Waals surface area contributed by atoms with Crippen LogP contribution in [0.15, 0.2) is 33.6 Å². The minimum Gasteiger partial charge on any atom is -0.383 e. The highest BCUT2D eigenvalue weighted by Crippen LogP contribution is 2.28. The second-order valence-electron chi connectivity index (χ2n) is 5.44. The number of H-pyrrole nitrogens is 1. The second-order valence-corrected chi connectivity index (χ2v) is 5.44. The van der Waals surface area contributed by atoms with Crippen LogP contribution in [-0.2, 0) is 6.42 Å². The van der Waals surface area contributed by atoms with Crippen LogP contribution in [-0.4, -0.2) is 17.7 Å². The molecule has 3 rings (SSSR count). The molecule has 2 atom stereocenters. The lowest BCUT2D eigenvalue weighted by molar-refractivity contribution is 0.292. The average Bonchev–Trinajstić information content (AvgIpc) is 2.90. The zero-order valence-corrected chi connectivity index (χ0v) is 11.4. The number of aromatic nitrogens is 1. The molecule has 0 amide bonds. The summed E-state index contributed by atoms with van der Waals surface area (Å²) in [6.45, 7) is 0.800. The first-order valence-corrected chi connectivity index (χ1v) is 6.97. The van der Waals surface area contributed by atoms with Crippen LogP contribution in [0.4, 0.5) is 8.78 Å². The van der Waals surface area contributed by atoms with Gasteiger partial charge in [0.15, 0.2) is 11.6 Å². The van der Waals surface area contributed by atoms with Crippen molar-refractivity contribution in [3.8, 4) is 0 Å². The third-order valence-electron chi connectivity index (χ3n) is 3.91. The van der Waals surface area contributed by atoms with Gasteiger partial charge in [0.25, 0.3) is 5.56 Å². The maximum Gasteiger partial charge on any atom is 0.280 e. The van der Waals surface area contributed by atoms with Crippen LogP contribution in [0.25, 0.3) is 0 Å². The number of benzene rings is 1. The van der Waals surface area contributed by atoms with Crippen molar-refractivity contribution < 1.29 is 13.3 Å². The molecular formula is C15H16F2N2O2. The van der Waals surface area contributed by atoms with E-state index in [1.54, 1.807) is 6.07 Å². The van der Waals surface area contributed by atoms with E-state index in [0.717, 1.165) is 31.0 Å². The maximum absolute atomic E-state index is 13.2. The largest absolute Gasteiger partial charge is 0.383 e. The molecule has 4 nitrogen and oxygen atoms in total. The van der Waals surface area contributed by atoms with Gasteiger partial charge in [-0.25, -0.2) is 8.78 Å². The summed E-state index contributed by atoms with van der Waals surface area (Å²) in [6.07, 6.45) is 2.29. The lowest BCUT2D eigenvalue weighted by Gasteiger charge is -2.29. The molecule has 1 aromatic heterocycles. The van der Waals surface area contributed by atoms with Gasteiger partial charge in [-0.1, -0.05) is 6.07 Å². The summed E-state index contributed by atoms with van der Waals surface area (Å²) in [5.41, 5.74) is 0.517. The summed E-state index contributed by atoms with van der Waals surface area (Å²) in [6, 6.07) is 5.60. The molecule has 0 bridgehead atoms. The Morgan fingerprint density at radius 2 is 2.10 bits per heavy atom. The first kappa shape index (κ1) is 14.0. The van der Waals surface area contributed by atoms with Crippen molar-refractivity contribution in [2.75, 3.05) is 6.54 Å². The van der Waals surface area contributed by atoms with Crippen molar-refractivity contribution in [3.63, 3.8) is 0 Å². The number of nitrogens with one attached hydrogen (secondary N) is 2. The third kappa shape index (κ3) is 3.21. The van der Waals surface area contributed by atoms with Crippen LogP contribution in [0.2, 0.25) is 0 Å². The molecule has 1 aliphatic heterocycles. The average molecular weight is 294 g/mol. The Kier molecular flexibility index (Phi) is 3.88. The molecule has 0 saturated carbocycles. The van der Waals surface area contributed by atoms with Crippen LogP contribution in [0.5, 0.6) is 0 Å². The lowest BCUT2D eigenvalue weighted by atomic mass is 9.87. The highest BCUT2D eigenvalue weighted by molar-refractivity contribution is 5.19. The number of rotatable bonds is 3. The van der Waals surface area contributed by atoms with E-state index in [1.165, 1.54) is 12.1 Å². The number of hydrogen-bond acceptors (Lipinski definition) is 3. The topological polar surface area (TPSA) is 58.0 Å². The number of aromatic amines is 1. The molecule has 0 spiro atoms. The van der Waals surface area contributed by atoms with Gasteiger partial charge in [-0.2, -0.15) is 5.16 Å². The van der Waals surface area contributed by atoms with Crippen molar-refractivity contribution in [1.82, 2.24) is 10.5 Å². The molecule has 1 saturated heterocycles. The summed E-state index contributed by atoms with van der Waals surface area (Å²) in [5, 5.41) is 5.66. The Hall–Kier alpha value is -1.95. The third-order valence-corrected chi connectivity index (χ3v) is 3.91. The molecule has 0 unspecified atom stereocenters. The lowest BCUT2D eigenvalue weighted by Crippen LogP contribution is -2.38. The van der Waals surface area contributed by atoms with Gasteiger partial charge in [0, 0.05) is 18.0 Å². The van der Waals surface area contributed by atoms with E-state index in [4.69, 9.17) is 4.52 Å². The highest BCUT2D eigenvalue weighted by Gasteiger charge is 2.25. The molecule has 2 N–H and O–H groups in total. The van der Waals surface area contributed by atoms with Gasteiger partial charge in [0.05, 0.1) is 0 Å². The number of halogens is 2. The fraction of sp³-hybridized carbons (Fsp3) is 0.400. The summed E-state index contributed by atoms with van der Waals surface area (Å²) in [7, 11) is 0. The van der Waals surface area contributed by atoms with Crippen LogP contribution < -0.4 is 10.9 Å². The summed E-state index contributed by atoms with van der Waals surface area (Å²) >= 11 is 0. The van der Waals surface area contributed by atoms with Gasteiger partial charge in [0.1, 0.15) is 5.76 Å². The van der Waals surface area contributed by atoms with Gasteiger partial charge < -0.3 is 9.84 Å². The molecule has 0 radical (unpaired) electrons.